The molecule has 0 spiro atoms. The second-order valence-electron chi connectivity index (χ2n) is 4.32. The van der Waals surface area contributed by atoms with Crippen LogP contribution in [0.3, 0.4) is 0 Å². The molecule has 0 heterocycles. The van der Waals surface area contributed by atoms with Gasteiger partial charge < -0.3 is 10.3 Å². The molecule has 1 rings (SSSR count). The van der Waals surface area contributed by atoms with Crippen LogP contribution in [-0.4, -0.2) is 14.3 Å². The van der Waals surface area contributed by atoms with E-state index >= 15 is 0 Å². The van der Waals surface area contributed by atoms with Crippen LogP contribution in [0.4, 0.5) is 10.5 Å². The van der Waals surface area contributed by atoms with Crippen LogP contribution in [0.15, 0.2) is 28.7 Å². The van der Waals surface area contributed by atoms with E-state index in [9.17, 15) is 4.79 Å². The van der Waals surface area contributed by atoms with Crippen molar-refractivity contribution >= 4 is 35.9 Å². The van der Waals surface area contributed by atoms with Gasteiger partial charge in [-0.1, -0.05) is 35.6 Å². The number of carbonyl (C=O) groups excluding carboxylic acids is 1. The van der Waals surface area contributed by atoms with Crippen LogP contribution in [0.5, 0.6) is 0 Å². The van der Waals surface area contributed by atoms with Crippen LogP contribution in [0, 0.1) is 0 Å². The van der Waals surface area contributed by atoms with Gasteiger partial charge >= 0.3 is 6.03 Å². The highest BCUT2D eigenvalue weighted by Gasteiger charge is 2.28. The van der Waals surface area contributed by atoms with E-state index < -0.39 is 8.24 Å². The second kappa shape index (κ2) is 4.36. The lowest BCUT2D eigenvalue weighted by atomic mass is 10.3. The molecule has 0 bridgehead atoms. The first-order chi connectivity index (χ1) is 6.82. The maximum Gasteiger partial charge on any atom is 0.311 e. The lowest BCUT2D eigenvalue weighted by Crippen LogP contribution is -2.52. The van der Waals surface area contributed by atoms with Crippen LogP contribution >= 0.6 is 15.9 Å². The van der Waals surface area contributed by atoms with Crippen molar-refractivity contribution in [2.45, 2.75) is 19.6 Å². The molecule has 0 fully saturated rings. The van der Waals surface area contributed by atoms with E-state index in [0.717, 1.165) is 10.2 Å². The number of halogens is 1. The van der Waals surface area contributed by atoms with Gasteiger partial charge in [0.1, 0.15) is 0 Å². The monoisotopic (exact) mass is 286 g/mol. The first-order valence-corrected chi connectivity index (χ1v) is 8.91. The summed E-state index contributed by atoms with van der Waals surface area (Å²) in [7, 11) is -1.76. The minimum Gasteiger partial charge on any atom is -0.352 e. The van der Waals surface area contributed by atoms with Crippen LogP contribution < -0.4 is 10.3 Å². The predicted octanol–water partition coefficient (Wildman–Crippen LogP) is 3.17. The zero-order valence-corrected chi connectivity index (χ0v) is 11.7. The molecule has 0 aliphatic heterocycles. The van der Waals surface area contributed by atoms with E-state index in [4.69, 9.17) is 5.73 Å². The van der Waals surface area contributed by atoms with Gasteiger partial charge in [-0.05, 0) is 24.3 Å². The van der Waals surface area contributed by atoms with Crippen molar-refractivity contribution in [3.8, 4) is 0 Å². The number of amides is 2. The maximum absolute atomic E-state index is 11.4. The van der Waals surface area contributed by atoms with Gasteiger partial charge in [-0.15, -0.1) is 0 Å². The molecule has 2 amide bonds. The minimum atomic E-state index is -1.76. The number of hydrogen-bond donors (Lipinski definition) is 1. The number of primary amides is 1. The largest absolute Gasteiger partial charge is 0.352 e. The molecule has 0 radical (unpaired) electrons. The van der Waals surface area contributed by atoms with Gasteiger partial charge in [0.15, 0.2) is 8.24 Å². The summed E-state index contributed by atoms with van der Waals surface area (Å²) in [5, 5.41) is 0. The molecule has 1 aromatic rings. The fraction of sp³-hybridized carbons (Fsp3) is 0.300. The number of carbonyl (C=O) groups is 1. The van der Waals surface area contributed by atoms with Gasteiger partial charge in [-0.3, -0.25) is 0 Å². The zero-order valence-electron chi connectivity index (χ0n) is 9.12. The van der Waals surface area contributed by atoms with E-state index in [-0.39, 0.29) is 6.03 Å². The summed E-state index contributed by atoms with van der Waals surface area (Å²) in [5.74, 6) is 0. The highest BCUT2D eigenvalue weighted by atomic mass is 79.9. The molecule has 1 aromatic carbocycles. The molecule has 0 unspecified atom stereocenters. The number of nitrogens with two attached hydrogens (primary N) is 1. The van der Waals surface area contributed by atoms with Crippen molar-refractivity contribution in [3.05, 3.63) is 28.7 Å². The molecule has 0 aromatic heterocycles. The van der Waals surface area contributed by atoms with Gasteiger partial charge in [-0.25, -0.2) is 4.79 Å². The summed E-state index contributed by atoms with van der Waals surface area (Å²) < 4.78 is 2.70. The minimum absolute atomic E-state index is 0.378. The highest BCUT2D eigenvalue weighted by Crippen LogP contribution is 2.23. The topological polar surface area (TPSA) is 46.3 Å². The Balaban J connectivity index is 3.11. The van der Waals surface area contributed by atoms with E-state index in [1.54, 1.807) is 4.57 Å². The van der Waals surface area contributed by atoms with Crippen molar-refractivity contribution in [1.82, 2.24) is 0 Å². The Bertz CT molecular complexity index is 359. The van der Waals surface area contributed by atoms with Crippen molar-refractivity contribution in [2.75, 3.05) is 4.57 Å². The summed E-state index contributed by atoms with van der Waals surface area (Å²) in [4.78, 5) is 11.4. The lowest BCUT2D eigenvalue weighted by Gasteiger charge is -2.32. The quantitative estimate of drug-likeness (QED) is 0.834. The molecule has 2 N–H and O–H groups in total. The number of nitrogens with zero attached hydrogens (tertiary/aromatic N) is 1. The van der Waals surface area contributed by atoms with E-state index in [1.165, 1.54) is 0 Å². The Labute approximate surface area is 99.5 Å². The first kappa shape index (κ1) is 12.3. The van der Waals surface area contributed by atoms with Gasteiger partial charge in [0.2, 0.25) is 0 Å². The molecular formula is C10H15BrN2OSi. The molecular weight excluding hydrogens is 272 g/mol. The van der Waals surface area contributed by atoms with Crippen molar-refractivity contribution < 1.29 is 4.79 Å². The SMILES string of the molecule is C[Si](C)(C)N(C(N)=O)c1ccc(Br)cc1. The Morgan fingerprint density at radius 2 is 1.73 bits per heavy atom. The Morgan fingerprint density at radius 1 is 1.27 bits per heavy atom. The molecule has 15 heavy (non-hydrogen) atoms. The van der Waals surface area contributed by atoms with Crippen LogP contribution in [0.1, 0.15) is 0 Å². The van der Waals surface area contributed by atoms with Gasteiger partial charge in [0.25, 0.3) is 0 Å². The molecule has 3 nitrogen and oxygen atoms in total. The summed E-state index contributed by atoms with van der Waals surface area (Å²) in [5.41, 5.74) is 6.27. The highest BCUT2D eigenvalue weighted by molar-refractivity contribution is 9.10. The molecule has 0 saturated heterocycles. The van der Waals surface area contributed by atoms with Crippen molar-refractivity contribution in [1.29, 1.82) is 0 Å². The number of benzene rings is 1. The smallest absolute Gasteiger partial charge is 0.311 e. The fourth-order valence-electron chi connectivity index (χ4n) is 1.44. The number of rotatable bonds is 2. The Kier molecular flexibility index (Phi) is 3.57. The third kappa shape index (κ3) is 3.07. The second-order valence-corrected chi connectivity index (χ2v) is 10.0. The average molecular weight is 287 g/mol. The maximum atomic E-state index is 11.4. The zero-order chi connectivity index (χ0) is 11.6. The van der Waals surface area contributed by atoms with E-state index in [1.807, 2.05) is 24.3 Å². The van der Waals surface area contributed by atoms with E-state index in [2.05, 4.69) is 35.6 Å². The average Bonchev–Trinajstić information content (AvgIpc) is 2.05. The molecule has 0 aliphatic carbocycles. The standard InChI is InChI=1S/C10H15BrN2OSi/c1-15(2,3)13(10(12)14)9-6-4-8(11)5-7-9/h4-7H,1-3H3,(H2,12,14). The first-order valence-electron chi connectivity index (χ1n) is 4.67. The van der Waals surface area contributed by atoms with E-state index in [0.29, 0.717) is 0 Å². The molecule has 0 aliphatic rings. The lowest BCUT2D eigenvalue weighted by molar-refractivity contribution is 0.256. The summed E-state index contributed by atoms with van der Waals surface area (Å²) in [6, 6.07) is 7.23. The van der Waals surface area contributed by atoms with Crippen molar-refractivity contribution in [2.24, 2.45) is 5.73 Å². The van der Waals surface area contributed by atoms with Crippen molar-refractivity contribution in [3.63, 3.8) is 0 Å². The predicted molar refractivity (Wildman–Crippen MR) is 69.6 cm³/mol. The summed E-state index contributed by atoms with van der Waals surface area (Å²) in [6.07, 6.45) is 0. The summed E-state index contributed by atoms with van der Waals surface area (Å²) >= 11 is 3.36. The summed E-state index contributed by atoms with van der Waals surface area (Å²) in [6.45, 7) is 6.25. The van der Waals surface area contributed by atoms with Crippen LogP contribution in [-0.2, 0) is 0 Å². The molecule has 82 valence electrons. The van der Waals surface area contributed by atoms with Crippen LogP contribution in [0.2, 0.25) is 19.6 Å². The fourth-order valence-corrected chi connectivity index (χ4v) is 3.28. The third-order valence-electron chi connectivity index (χ3n) is 1.98. The van der Waals surface area contributed by atoms with Gasteiger partial charge in [0, 0.05) is 10.2 Å². The Hall–Kier alpha value is -0.813. The third-order valence-corrected chi connectivity index (χ3v) is 4.32. The molecule has 5 heteroatoms. The number of urea groups is 1. The molecule has 0 saturated carbocycles. The number of hydrogen-bond acceptors (Lipinski definition) is 1. The van der Waals surface area contributed by atoms with Crippen LogP contribution in [0.25, 0.3) is 0 Å². The molecule has 0 atom stereocenters. The van der Waals surface area contributed by atoms with Gasteiger partial charge in [-0.2, -0.15) is 0 Å². The normalized spacial score (nSPS) is 11.2. The van der Waals surface area contributed by atoms with Gasteiger partial charge in [0.05, 0.1) is 0 Å². The number of anilines is 1. The Morgan fingerprint density at radius 3 is 2.07 bits per heavy atom.